The molecule has 0 bridgehead atoms. The summed E-state index contributed by atoms with van der Waals surface area (Å²) in [6.45, 7) is 2.84. The standard InChI is InChI=1S/C24H19Cl2N3OS/c25-16-4-3-5-17(14-16)28-10-12-29(13-11-28)24(30)19-15-21(22-8-9-23(26)31-22)27-20-7-2-1-6-18(19)20/h1-9,14-15H,10-13H2. The molecule has 1 aliphatic heterocycles. The van der Waals surface area contributed by atoms with Gasteiger partial charge in [-0.3, -0.25) is 4.79 Å². The molecule has 0 spiro atoms. The van der Waals surface area contributed by atoms with E-state index in [1.807, 2.05) is 65.6 Å². The van der Waals surface area contributed by atoms with Gasteiger partial charge in [-0.05, 0) is 42.5 Å². The van der Waals surface area contributed by atoms with Crippen molar-refractivity contribution in [1.82, 2.24) is 9.88 Å². The number of carbonyl (C=O) groups is 1. The summed E-state index contributed by atoms with van der Waals surface area (Å²) >= 11 is 13.7. The Kier molecular flexibility index (Phi) is 5.57. The molecule has 1 fully saturated rings. The van der Waals surface area contributed by atoms with Gasteiger partial charge in [0.1, 0.15) is 0 Å². The van der Waals surface area contributed by atoms with Crippen LogP contribution in [0, 0.1) is 0 Å². The molecule has 0 atom stereocenters. The topological polar surface area (TPSA) is 36.4 Å². The number of piperazine rings is 1. The first-order valence-electron chi connectivity index (χ1n) is 10.0. The first-order valence-corrected chi connectivity index (χ1v) is 11.6. The predicted molar refractivity (Wildman–Crippen MR) is 130 cm³/mol. The molecule has 2 aromatic carbocycles. The third-order valence-corrected chi connectivity index (χ3v) is 7.00. The van der Waals surface area contributed by atoms with Gasteiger partial charge in [0.2, 0.25) is 0 Å². The number of halogens is 2. The quantitative estimate of drug-likeness (QED) is 0.358. The molecule has 156 valence electrons. The highest BCUT2D eigenvalue weighted by molar-refractivity contribution is 7.19. The number of hydrogen-bond donors (Lipinski definition) is 0. The highest BCUT2D eigenvalue weighted by Crippen LogP contribution is 2.33. The average Bonchev–Trinajstić information content (AvgIpc) is 3.24. The summed E-state index contributed by atoms with van der Waals surface area (Å²) in [5.41, 5.74) is 3.36. The van der Waals surface area contributed by atoms with Crippen LogP contribution < -0.4 is 4.90 Å². The summed E-state index contributed by atoms with van der Waals surface area (Å²) in [5.74, 6) is 0.0354. The Morgan fingerprint density at radius 1 is 0.903 bits per heavy atom. The lowest BCUT2D eigenvalue weighted by Crippen LogP contribution is -2.48. The van der Waals surface area contributed by atoms with Crippen molar-refractivity contribution in [3.63, 3.8) is 0 Å². The lowest BCUT2D eigenvalue weighted by molar-refractivity contribution is 0.0748. The van der Waals surface area contributed by atoms with E-state index in [4.69, 9.17) is 28.2 Å². The molecule has 7 heteroatoms. The number of thiophene rings is 1. The zero-order chi connectivity index (χ0) is 21.4. The fourth-order valence-electron chi connectivity index (χ4n) is 3.94. The van der Waals surface area contributed by atoms with Crippen molar-refractivity contribution in [2.45, 2.75) is 0 Å². The van der Waals surface area contributed by atoms with Gasteiger partial charge in [0.25, 0.3) is 5.91 Å². The molecule has 0 aliphatic carbocycles. The Bertz CT molecular complexity index is 1260. The number of amides is 1. The molecule has 2 aromatic heterocycles. The summed E-state index contributed by atoms with van der Waals surface area (Å²) in [6.07, 6.45) is 0. The molecule has 31 heavy (non-hydrogen) atoms. The minimum atomic E-state index is 0.0354. The summed E-state index contributed by atoms with van der Waals surface area (Å²) in [5, 5.41) is 1.59. The van der Waals surface area contributed by atoms with Crippen LogP contribution in [0.1, 0.15) is 10.4 Å². The van der Waals surface area contributed by atoms with Gasteiger partial charge >= 0.3 is 0 Å². The Morgan fingerprint density at radius 2 is 1.71 bits per heavy atom. The van der Waals surface area contributed by atoms with Gasteiger partial charge < -0.3 is 9.80 Å². The normalized spacial score (nSPS) is 14.3. The Labute approximate surface area is 194 Å². The monoisotopic (exact) mass is 467 g/mol. The second kappa shape index (κ2) is 8.50. The minimum Gasteiger partial charge on any atom is -0.368 e. The molecule has 1 saturated heterocycles. The summed E-state index contributed by atoms with van der Waals surface area (Å²) < 4.78 is 0.704. The Balaban J connectivity index is 1.43. The van der Waals surface area contributed by atoms with Crippen LogP contribution in [0.25, 0.3) is 21.5 Å². The van der Waals surface area contributed by atoms with E-state index >= 15 is 0 Å². The number of rotatable bonds is 3. The summed E-state index contributed by atoms with van der Waals surface area (Å²) in [7, 11) is 0. The number of nitrogens with zero attached hydrogens (tertiary/aromatic N) is 3. The highest BCUT2D eigenvalue weighted by Gasteiger charge is 2.24. The third-order valence-electron chi connectivity index (χ3n) is 5.51. The first-order chi connectivity index (χ1) is 15.1. The molecule has 0 N–H and O–H groups in total. The van der Waals surface area contributed by atoms with Gasteiger partial charge in [-0.2, -0.15) is 0 Å². The maximum Gasteiger partial charge on any atom is 0.254 e. The zero-order valence-corrected chi connectivity index (χ0v) is 18.9. The molecule has 3 heterocycles. The molecule has 0 saturated carbocycles. The van der Waals surface area contributed by atoms with Gasteiger partial charge in [-0.15, -0.1) is 11.3 Å². The van der Waals surface area contributed by atoms with Gasteiger partial charge in [-0.1, -0.05) is 47.5 Å². The number of carbonyl (C=O) groups excluding carboxylic acids is 1. The van der Waals surface area contributed by atoms with E-state index in [1.54, 1.807) is 0 Å². The molecule has 4 aromatic rings. The van der Waals surface area contributed by atoms with Gasteiger partial charge in [0.05, 0.1) is 26.0 Å². The lowest BCUT2D eigenvalue weighted by Gasteiger charge is -2.36. The Morgan fingerprint density at radius 3 is 2.45 bits per heavy atom. The van der Waals surface area contributed by atoms with Gasteiger partial charge in [-0.25, -0.2) is 4.98 Å². The SMILES string of the molecule is O=C(c1cc(-c2ccc(Cl)s2)nc2ccccc12)N1CCN(c2cccc(Cl)c2)CC1. The summed E-state index contributed by atoms with van der Waals surface area (Å²) in [4.78, 5) is 23.4. The van der Waals surface area contributed by atoms with Crippen molar-refractivity contribution >= 4 is 57.0 Å². The van der Waals surface area contributed by atoms with E-state index in [9.17, 15) is 4.79 Å². The van der Waals surface area contributed by atoms with E-state index in [0.717, 1.165) is 45.3 Å². The molecule has 0 unspecified atom stereocenters. The fourth-order valence-corrected chi connectivity index (χ4v) is 5.13. The number of fused-ring (bicyclic) bond motifs is 1. The third kappa shape index (κ3) is 4.13. The van der Waals surface area contributed by atoms with Crippen LogP contribution in [0.3, 0.4) is 0 Å². The van der Waals surface area contributed by atoms with Crippen LogP contribution in [0.5, 0.6) is 0 Å². The molecular weight excluding hydrogens is 449 g/mol. The number of pyridine rings is 1. The van der Waals surface area contributed by atoms with E-state index in [0.29, 0.717) is 23.0 Å². The second-order valence-electron chi connectivity index (χ2n) is 7.44. The molecular formula is C24H19Cl2N3OS. The van der Waals surface area contributed by atoms with Crippen molar-refractivity contribution in [1.29, 1.82) is 0 Å². The molecule has 1 aliphatic rings. The van der Waals surface area contributed by atoms with Gasteiger partial charge in [0.15, 0.2) is 0 Å². The van der Waals surface area contributed by atoms with Crippen molar-refractivity contribution in [3.05, 3.63) is 81.7 Å². The van der Waals surface area contributed by atoms with Crippen LogP contribution in [-0.4, -0.2) is 42.0 Å². The van der Waals surface area contributed by atoms with Crippen molar-refractivity contribution < 1.29 is 4.79 Å². The van der Waals surface area contributed by atoms with E-state index in [2.05, 4.69) is 11.0 Å². The number of anilines is 1. The molecule has 4 nitrogen and oxygen atoms in total. The predicted octanol–water partition coefficient (Wildman–Crippen LogP) is 6.23. The lowest BCUT2D eigenvalue weighted by atomic mass is 10.1. The van der Waals surface area contributed by atoms with Gasteiger partial charge in [0, 0.05) is 42.3 Å². The van der Waals surface area contributed by atoms with Crippen LogP contribution >= 0.6 is 34.5 Å². The molecule has 0 radical (unpaired) electrons. The van der Waals surface area contributed by atoms with Crippen LogP contribution in [0.4, 0.5) is 5.69 Å². The molecule has 5 rings (SSSR count). The smallest absolute Gasteiger partial charge is 0.254 e. The zero-order valence-electron chi connectivity index (χ0n) is 16.6. The maximum absolute atomic E-state index is 13.5. The number of aromatic nitrogens is 1. The van der Waals surface area contributed by atoms with Crippen LogP contribution in [0.2, 0.25) is 9.36 Å². The summed E-state index contributed by atoms with van der Waals surface area (Å²) in [6, 6.07) is 21.3. The molecule has 1 amide bonds. The number of para-hydroxylation sites is 1. The van der Waals surface area contributed by atoms with Crippen molar-refractivity contribution in [2.75, 3.05) is 31.1 Å². The highest BCUT2D eigenvalue weighted by atomic mass is 35.5. The number of hydrogen-bond acceptors (Lipinski definition) is 4. The largest absolute Gasteiger partial charge is 0.368 e. The van der Waals surface area contributed by atoms with E-state index < -0.39 is 0 Å². The minimum absolute atomic E-state index is 0.0354. The fraction of sp³-hybridized carbons (Fsp3) is 0.167. The van der Waals surface area contributed by atoms with E-state index in [-0.39, 0.29) is 5.91 Å². The Hall–Kier alpha value is -2.60. The number of benzene rings is 2. The van der Waals surface area contributed by atoms with Crippen LogP contribution in [0.15, 0.2) is 66.7 Å². The maximum atomic E-state index is 13.5. The average molecular weight is 468 g/mol. The van der Waals surface area contributed by atoms with Crippen LogP contribution in [-0.2, 0) is 0 Å². The second-order valence-corrected chi connectivity index (χ2v) is 9.59. The van der Waals surface area contributed by atoms with E-state index in [1.165, 1.54) is 11.3 Å². The first kappa shape index (κ1) is 20.3. The van der Waals surface area contributed by atoms with Crippen molar-refractivity contribution in [3.8, 4) is 10.6 Å². The van der Waals surface area contributed by atoms with Crippen molar-refractivity contribution in [2.24, 2.45) is 0 Å².